The predicted molar refractivity (Wildman–Crippen MR) is 294 cm³/mol. The first-order chi connectivity index (χ1) is 33.7. The normalized spacial score (nSPS) is 11.8. The number of hydrogen-bond acceptors (Lipinski definition) is 0. The maximum atomic E-state index is 2.47. The molecule has 0 N–H and O–H groups in total. The second-order valence-electron chi connectivity index (χ2n) is 18.4. The minimum absolute atomic E-state index is 1.19. The molecule has 0 nitrogen and oxygen atoms in total. The van der Waals surface area contributed by atoms with Crippen LogP contribution in [0.5, 0.6) is 0 Å². The van der Waals surface area contributed by atoms with E-state index in [-0.39, 0.29) is 0 Å². The molecule has 0 spiro atoms. The van der Waals surface area contributed by atoms with E-state index in [0.717, 1.165) is 0 Å². The van der Waals surface area contributed by atoms with E-state index in [0.29, 0.717) is 0 Å². The zero-order valence-corrected chi connectivity index (χ0v) is 37.2. The second-order valence-corrected chi connectivity index (χ2v) is 18.4. The SMILES string of the molecule is c1ccc2cc(-c3c(-c4ccc5ccccc5c4)c4cc(-c5ccc6c(c5)c(-c5ccc7ccccc7c5)c(-c5ccc7ccccc7c5)c5ccccc56)ccc4c4ccccc34)ccc2c1. The van der Waals surface area contributed by atoms with E-state index < -0.39 is 0 Å². The van der Waals surface area contributed by atoms with Crippen LogP contribution < -0.4 is 0 Å². The zero-order chi connectivity index (χ0) is 44.7. The molecule has 0 amide bonds. The summed E-state index contributed by atoms with van der Waals surface area (Å²) in [6.45, 7) is 0. The van der Waals surface area contributed by atoms with Gasteiger partial charge < -0.3 is 0 Å². The van der Waals surface area contributed by atoms with Gasteiger partial charge in [0.2, 0.25) is 0 Å². The maximum absolute atomic E-state index is 2.47. The van der Waals surface area contributed by atoms with Crippen molar-refractivity contribution in [1.82, 2.24) is 0 Å². The molecule has 0 unspecified atom stereocenters. The van der Waals surface area contributed by atoms with Gasteiger partial charge in [-0.05, 0) is 178 Å². The molecule has 314 valence electrons. The first kappa shape index (κ1) is 38.4. The molecule has 0 aliphatic carbocycles. The summed E-state index contributed by atoms with van der Waals surface area (Å²) < 4.78 is 0. The lowest BCUT2D eigenvalue weighted by Crippen LogP contribution is -1.94. The second kappa shape index (κ2) is 15.4. The molecule has 0 saturated heterocycles. The van der Waals surface area contributed by atoms with Gasteiger partial charge in [-0.25, -0.2) is 0 Å². The van der Waals surface area contributed by atoms with Gasteiger partial charge in [0.25, 0.3) is 0 Å². The van der Waals surface area contributed by atoms with Crippen molar-refractivity contribution in [1.29, 1.82) is 0 Å². The van der Waals surface area contributed by atoms with Crippen LogP contribution in [0, 0.1) is 0 Å². The van der Waals surface area contributed by atoms with Crippen molar-refractivity contribution in [2.24, 2.45) is 0 Å². The molecule has 0 bridgehead atoms. The van der Waals surface area contributed by atoms with E-state index in [1.165, 1.54) is 142 Å². The molecule has 0 heteroatoms. The summed E-state index contributed by atoms with van der Waals surface area (Å²) in [6, 6.07) is 95.2. The molecule has 0 aromatic heterocycles. The summed E-state index contributed by atoms with van der Waals surface area (Å²) in [5.41, 5.74) is 12.3. The summed E-state index contributed by atoms with van der Waals surface area (Å²) in [5.74, 6) is 0. The van der Waals surface area contributed by atoms with E-state index >= 15 is 0 Å². The van der Waals surface area contributed by atoms with Crippen LogP contribution in [-0.4, -0.2) is 0 Å². The highest BCUT2D eigenvalue weighted by Crippen LogP contribution is 2.49. The zero-order valence-electron chi connectivity index (χ0n) is 37.2. The number of benzene rings is 14. The van der Waals surface area contributed by atoms with Crippen molar-refractivity contribution in [3.63, 3.8) is 0 Å². The van der Waals surface area contributed by atoms with Crippen molar-refractivity contribution < 1.29 is 0 Å². The predicted octanol–water partition coefficient (Wildman–Crippen LogP) is 19.2. The lowest BCUT2D eigenvalue weighted by atomic mass is 9.82. The van der Waals surface area contributed by atoms with E-state index in [1.807, 2.05) is 0 Å². The molecule has 14 rings (SSSR count). The van der Waals surface area contributed by atoms with Gasteiger partial charge in [-0.15, -0.1) is 0 Å². The Labute approximate surface area is 394 Å². The monoisotopic (exact) mass is 858 g/mol. The fourth-order valence-electron chi connectivity index (χ4n) is 11.3. The van der Waals surface area contributed by atoms with Crippen molar-refractivity contribution in [2.75, 3.05) is 0 Å². The number of fused-ring (bicyclic) bond motifs is 10. The highest BCUT2D eigenvalue weighted by molar-refractivity contribution is 6.25. The third kappa shape index (κ3) is 6.15. The minimum atomic E-state index is 1.19. The lowest BCUT2D eigenvalue weighted by molar-refractivity contribution is 1.64. The third-order valence-electron chi connectivity index (χ3n) is 14.5. The fraction of sp³-hybridized carbons (Fsp3) is 0. The van der Waals surface area contributed by atoms with Crippen LogP contribution in [0.15, 0.2) is 255 Å². The molecule has 0 aliphatic heterocycles. The average molecular weight is 859 g/mol. The van der Waals surface area contributed by atoms with Crippen LogP contribution in [0.1, 0.15) is 0 Å². The van der Waals surface area contributed by atoms with E-state index in [1.54, 1.807) is 0 Å². The Morgan fingerprint density at radius 3 is 0.691 bits per heavy atom. The molecule has 0 aliphatic rings. The van der Waals surface area contributed by atoms with E-state index in [4.69, 9.17) is 0 Å². The van der Waals surface area contributed by atoms with Crippen LogP contribution in [0.3, 0.4) is 0 Å². The van der Waals surface area contributed by atoms with Gasteiger partial charge in [0, 0.05) is 0 Å². The van der Waals surface area contributed by atoms with Crippen molar-refractivity contribution >= 4 is 86.2 Å². The molecule has 0 fully saturated rings. The van der Waals surface area contributed by atoms with Crippen molar-refractivity contribution in [3.05, 3.63) is 255 Å². The molecule has 0 radical (unpaired) electrons. The van der Waals surface area contributed by atoms with Gasteiger partial charge in [-0.2, -0.15) is 0 Å². The van der Waals surface area contributed by atoms with Gasteiger partial charge in [0.1, 0.15) is 0 Å². The van der Waals surface area contributed by atoms with Crippen molar-refractivity contribution in [3.8, 4) is 55.6 Å². The van der Waals surface area contributed by atoms with Crippen LogP contribution in [-0.2, 0) is 0 Å². The summed E-state index contributed by atoms with van der Waals surface area (Å²) in [6.07, 6.45) is 0. The quantitative estimate of drug-likeness (QED) is 0.151. The first-order valence-corrected chi connectivity index (χ1v) is 23.6. The van der Waals surface area contributed by atoms with Crippen molar-refractivity contribution in [2.45, 2.75) is 0 Å². The summed E-state index contributed by atoms with van der Waals surface area (Å²) >= 11 is 0. The molecule has 68 heavy (non-hydrogen) atoms. The Balaban J connectivity index is 1.08. The smallest absolute Gasteiger partial charge is 0.00199 e. The topological polar surface area (TPSA) is 0 Å². The first-order valence-electron chi connectivity index (χ1n) is 23.6. The standard InChI is InChI=1S/C68H42/c1-5-17-47-37-53(29-25-43(47)13-1)65-61-23-11-9-21-57(61)59-35-33-51(41-63(59)67(65)55-31-27-45-15-3-7-19-49(45)39-55)52-34-36-60-58-22-10-12-24-62(58)66(54-30-26-44-14-2-6-18-48(44)38-54)68(64(60)42-52)56-32-28-46-16-4-8-20-50(46)40-56/h1-42H. The van der Waals surface area contributed by atoms with Crippen LogP contribution in [0.4, 0.5) is 0 Å². The van der Waals surface area contributed by atoms with E-state index in [9.17, 15) is 0 Å². The van der Waals surface area contributed by atoms with Gasteiger partial charge in [0.15, 0.2) is 0 Å². The molecular weight excluding hydrogens is 817 g/mol. The van der Waals surface area contributed by atoms with Gasteiger partial charge in [-0.3, -0.25) is 0 Å². The van der Waals surface area contributed by atoms with Gasteiger partial charge in [-0.1, -0.05) is 218 Å². The number of hydrogen-bond donors (Lipinski definition) is 0. The van der Waals surface area contributed by atoms with E-state index in [2.05, 4.69) is 255 Å². The fourth-order valence-corrected chi connectivity index (χ4v) is 11.3. The highest BCUT2D eigenvalue weighted by atomic mass is 14.2. The largest absolute Gasteiger partial charge is 0.0616 e. The lowest BCUT2D eigenvalue weighted by Gasteiger charge is -2.21. The third-order valence-corrected chi connectivity index (χ3v) is 14.5. The molecule has 0 heterocycles. The highest BCUT2D eigenvalue weighted by Gasteiger charge is 2.22. The Morgan fingerprint density at radius 2 is 0.368 bits per heavy atom. The Morgan fingerprint density at radius 1 is 0.132 bits per heavy atom. The summed E-state index contributed by atoms with van der Waals surface area (Å²) in [4.78, 5) is 0. The Kier molecular flexibility index (Phi) is 8.69. The molecule has 14 aromatic rings. The molecule has 0 atom stereocenters. The van der Waals surface area contributed by atoms with Crippen LogP contribution in [0.2, 0.25) is 0 Å². The Bertz CT molecular complexity index is 4100. The maximum Gasteiger partial charge on any atom is -0.00199 e. The van der Waals surface area contributed by atoms with Gasteiger partial charge >= 0.3 is 0 Å². The summed E-state index contributed by atoms with van der Waals surface area (Å²) in [7, 11) is 0. The van der Waals surface area contributed by atoms with Crippen LogP contribution in [0.25, 0.3) is 142 Å². The summed E-state index contributed by atoms with van der Waals surface area (Å²) in [5, 5.41) is 19.9. The van der Waals surface area contributed by atoms with Gasteiger partial charge in [0.05, 0.1) is 0 Å². The average Bonchev–Trinajstić information content (AvgIpc) is 3.41. The Hall–Kier alpha value is -8.84. The minimum Gasteiger partial charge on any atom is -0.0616 e. The molecule has 0 saturated carbocycles. The van der Waals surface area contributed by atoms with Crippen LogP contribution >= 0.6 is 0 Å². The number of rotatable bonds is 5. The molecule has 14 aromatic carbocycles. The molecular formula is C68H42.